The molecule has 3 saturated heterocycles. The molecule has 0 radical (unpaired) electrons. The van der Waals surface area contributed by atoms with E-state index in [0.717, 1.165) is 22.0 Å². The van der Waals surface area contributed by atoms with E-state index >= 15 is 0 Å². The lowest BCUT2D eigenvalue weighted by Crippen LogP contribution is -2.54. The number of para-hydroxylation sites is 1. The Labute approximate surface area is 342 Å². The summed E-state index contributed by atoms with van der Waals surface area (Å²) in [7, 11) is 0. The summed E-state index contributed by atoms with van der Waals surface area (Å²) in [5.74, 6) is -0.529. The van der Waals surface area contributed by atoms with E-state index in [0.29, 0.717) is 91.3 Å². The highest BCUT2D eigenvalue weighted by atomic mass is 35.5. The number of fused-ring (bicyclic) bond motifs is 1. The number of imide groups is 2. The van der Waals surface area contributed by atoms with Crippen LogP contribution in [0.3, 0.4) is 0 Å². The molecular weight excluding hydrogens is 786 g/mol. The summed E-state index contributed by atoms with van der Waals surface area (Å²) in [6.07, 6.45) is 1.67. The van der Waals surface area contributed by atoms with E-state index in [1.807, 2.05) is 36.9 Å². The summed E-state index contributed by atoms with van der Waals surface area (Å²) >= 11 is 7.49. The maximum atomic E-state index is 13.4. The topological polar surface area (TPSA) is 193 Å². The van der Waals surface area contributed by atoms with E-state index in [1.54, 1.807) is 24.3 Å². The molecule has 6 heterocycles. The minimum absolute atomic E-state index is 0.0468. The van der Waals surface area contributed by atoms with Gasteiger partial charge in [0.15, 0.2) is 5.13 Å². The van der Waals surface area contributed by atoms with Crippen molar-refractivity contribution in [3.8, 4) is 0 Å². The van der Waals surface area contributed by atoms with Crippen molar-refractivity contribution in [2.75, 3.05) is 79.3 Å². The Hall–Kier alpha value is -5.98. The number of piperazine rings is 2. The number of nitrogens with one attached hydrogen (secondary N) is 3. The Morgan fingerprint density at radius 3 is 2.38 bits per heavy atom. The number of amides is 6. The van der Waals surface area contributed by atoms with Gasteiger partial charge in [-0.3, -0.25) is 43.9 Å². The zero-order valence-electron chi connectivity index (χ0n) is 31.8. The zero-order valence-corrected chi connectivity index (χ0v) is 33.4. The van der Waals surface area contributed by atoms with E-state index in [2.05, 4.69) is 45.6 Å². The minimum atomic E-state index is -1.02. The van der Waals surface area contributed by atoms with Crippen LogP contribution in [0.15, 0.2) is 48.7 Å². The lowest BCUT2D eigenvalue weighted by atomic mass is 10.0. The van der Waals surface area contributed by atoms with Gasteiger partial charge in [0, 0.05) is 70.5 Å². The third-order valence-electron chi connectivity index (χ3n) is 10.7. The van der Waals surface area contributed by atoms with Crippen molar-refractivity contribution in [2.24, 2.45) is 0 Å². The molecule has 58 heavy (non-hydrogen) atoms. The van der Waals surface area contributed by atoms with Crippen molar-refractivity contribution in [3.05, 3.63) is 81.1 Å². The van der Waals surface area contributed by atoms with Crippen molar-refractivity contribution in [2.45, 2.75) is 32.7 Å². The first-order valence-corrected chi connectivity index (χ1v) is 20.1. The zero-order chi connectivity index (χ0) is 40.7. The maximum Gasteiger partial charge on any atom is 0.267 e. The molecule has 1 atom stereocenters. The number of benzene rings is 2. The quantitative estimate of drug-likeness (QED) is 0.209. The molecule has 300 valence electrons. The second-order valence-corrected chi connectivity index (χ2v) is 15.9. The van der Waals surface area contributed by atoms with Gasteiger partial charge in [0.05, 0.1) is 34.6 Å². The van der Waals surface area contributed by atoms with Crippen molar-refractivity contribution < 1.29 is 28.8 Å². The lowest BCUT2D eigenvalue weighted by molar-refractivity contribution is -0.136. The van der Waals surface area contributed by atoms with Crippen LogP contribution >= 0.6 is 22.9 Å². The number of nitrogens with zero attached hydrogens (tertiary/aromatic N) is 8. The number of thiazole rings is 1. The fourth-order valence-electron chi connectivity index (χ4n) is 7.59. The average Bonchev–Trinajstić information content (AvgIpc) is 3.77. The van der Waals surface area contributed by atoms with Crippen molar-refractivity contribution in [3.63, 3.8) is 0 Å². The van der Waals surface area contributed by atoms with Gasteiger partial charge in [-0.15, -0.1) is 0 Å². The number of halogens is 1. The largest absolute Gasteiger partial charge is 0.368 e. The van der Waals surface area contributed by atoms with Crippen LogP contribution < -0.4 is 25.8 Å². The van der Waals surface area contributed by atoms with Crippen LogP contribution in [-0.2, 0) is 14.4 Å². The fraction of sp³-hybridized carbons (Fsp3) is 0.359. The maximum absolute atomic E-state index is 13.4. The van der Waals surface area contributed by atoms with Gasteiger partial charge in [-0.2, -0.15) is 0 Å². The summed E-state index contributed by atoms with van der Waals surface area (Å²) in [6, 6.07) is 11.3. The smallest absolute Gasteiger partial charge is 0.267 e. The predicted octanol–water partition coefficient (Wildman–Crippen LogP) is 3.07. The van der Waals surface area contributed by atoms with Gasteiger partial charge >= 0.3 is 0 Å². The van der Waals surface area contributed by atoms with Gasteiger partial charge < -0.3 is 25.3 Å². The van der Waals surface area contributed by atoms with Gasteiger partial charge in [-0.1, -0.05) is 35.1 Å². The van der Waals surface area contributed by atoms with Crippen LogP contribution in [0.4, 0.5) is 28.1 Å². The molecular formula is C39H40ClN11O6S. The second kappa shape index (κ2) is 16.1. The predicted molar refractivity (Wildman–Crippen MR) is 217 cm³/mol. The Morgan fingerprint density at radius 2 is 1.64 bits per heavy atom. The summed E-state index contributed by atoms with van der Waals surface area (Å²) in [6.45, 7) is 8.79. The van der Waals surface area contributed by atoms with Crippen molar-refractivity contribution >= 4 is 86.5 Å². The van der Waals surface area contributed by atoms with Gasteiger partial charge in [-0.25, -0.2) is 15.0 Å². The standard InChI is InChI=1S/C39H40ClN11O6S/c1-22-4-3-5-27(40)34(22)46-36(55)29-20-41-39(58-29)44-30-19-31(43-23(2)42-30)49-12-10-47(11-13-49)21-33(53)50-16-14-48(15-17-50)24-6-7-25-26(18-24)38(57)51(37(25)56)28-8-9-32(52)45-35(28)54/h3-7,18-20,28H,8-17,21H2,1-2H3,(H,46,55)(H,45,52,54)(H,41,42,43,44). The average molecular weight is 826 g/mol. The summed E-state index contributed by atoms with van der Waals surface area (Å²) in [5.41, 5.74) is 2.64. The number of hydrogen-bond acceptors (Lipinski definition) is 14. The highest BCUT2D eigenvalue weighted by Crippen LogP contribution is 2.32. The fourth-order valence-corrected chi connectivity index (χ4v) is 8.57. The van der Waals surface area contributed by atoms with Crippen LogP contribution in [0.2, 0.25) is 5.02 Å². The number of anilines is 5. The van der Waals surface area contributed by atoms with Crippen LogP contribution in [0, 0.1) is 13.8 Å². The molecule has 1 unspecified atom stereocenters. The molecule has 4 aliphatic rings. The summed E-state index contributed by atoms with van der Waals surface area (Å²) < 4.78 is 0. The van der Waals surface area contributed by atoms with Crippen molar-refractivity contribution in [1.82, 2.24) is 35.0 Å². The molecule has 4 aliphatic heterocycles. The molecule has 3 fully saturated rings. The molecule has 17 nitrogen and oxygen atoms in total. The number of piperidine rings is 1. The molecule has 2 aromatic carbocycles. The van der Waals surface area contributed by atoms with E-state index in [-0.39, 0.29) is 35.8 Å². The molecule has 4 aromatic rings. The van der Waals surface area contributed by atoms with Crippen LogP contribution in [0.1, 0.15) is 54.6 Å². The molecule has 0 spiro atoms. The molecule has 2 aromatic heterocycles. The van der Waals surface area contributed by atoms with E-state index in [1.165, 1.54) is 17.5 Å². The normalized spacial score (nSPS) is 18.7. The molecule has 0 bridgehead atoms. The Morgan fingerprint density at radius 1 is 0.897 bits per heavy atom. The van der Waals surface area contributed by atoms with E-state index in [9.17, 15) is 28.8 Å². The van der Waals surface area contributed by atoms with E-state index < -0.39 is 29.7 Å². The lowest BCUT2D eigenvalue weighted by Gasteiger charge is -2.39. The van der Waals surface area contributed by atoms with Crippen LogP contribution in [0.25, 0.3) is 0 Å². The highest BCUT2D eigenvalue weighted by Gasteiger charge is 2.45. The van der Waals surface area contributed by atoms with Crippen molar-refractivity contribution in [1.29, 1.82) is 0 Å². The first kappa shape index (κ1) is 38.9. The van der Waals surface area contributed by atoms with Crippen LogP contribution in [0.5, 0.6) is 0 Å². The third kappa shape index (κ3) is 7.94. The Balaban J connectivity index is 0.811. The second-order valence-electron chi connectivity index (χ2n) is 14.5. The van der Waals surface area contributed by atoms with Gasteiger partial charge in [0.1, 0.15) is 28.4 Å². The van der Waals surface area contributed by atoms with Gasteiger partial charge in [-0.05, 0) is 50.1 Å². The number of aryl methyl sites for hydroxylation is 2. The van der Waals surface area contributed by atoms with Gasteiger partial charge in [0.2, 0.25) is 17.7 Å². The van der Waals surface area contributed by atoms with Gasteiger partial charge in [0.25, 0.3) is 17.7 Å². The highest BCUT2D eigenvalue weighted by molar-refractivity contribution is 7.17. The number of carbonyl (C=O) groups excluding carboxylic acids is 6. The molecule has 0 saturated carbocycles. The number of carbonyl (C=O) groups is 6. The third-order valence-corrected chi connectivity index (χ3v) is 12.0. The number of aromatic nitrogens is 3. The molecule has 19 heteroatoms. The van der Waals surface area contributed by atoms with E-state index in [4.69, 9.17) is 11.6 Å². The van der Waals surface area contributed by atoms with Crippen LogP contribution in [-0.4, -0.2) is 130 Å². The Bertz CT molecular complexity index is 2320. The summed E-state index contributed by atoms with van der Waals surface area (Å²) in [5, 5.41) is 9.26. The summed E-state index contributed by atoms with van der Waals surface area (Å²) in [4.78, 5) is 100.0. The monoisotopic (exact) mass is 825 g/mol. The first-order chi connectivity index (χ1) is 27.9. The minimum Gasteiger partial charge on any atom is -0.368 e. The molecule has 0 aliphatic carbocycles. The SMILES string of the molecule is Cc1nc(Nc2ncc(C(=O)Nc3c(C)cccc3Cl)s2)cc(N2CCN(CC(=O)N3CCN(c4ccc5c(c4)C(=O)N(C4CCC(=O)NC4=O)C5=O)CC3)CC2)n1. The first-order valence-electron chi connectivity index (χ1n) is 18.9. The molecule has 8 rings (SSSR count). The Kier molecular flexibility index (Phi) is 10.8. The molecule has 6 amide bonds. The number of rotatable bonds is 9. The number of hydrogen-bond donors (Lipinski definition) is 3. The molecule has 3 N–H and O–H groups in total.